The fourth-order valence-corrected chi connectivity index (χ4v) is 3.06. The minimum atomic E-state index is -5.16. The number of amides is 1. The summed E-state index contributed by atoms with van der Waals surface area (Å²) in [5.41, 5.74) is 0.0405. The van der Waals surface area contributed by atoms with Gasteiger partial charge >= 0.3 is 10.5 Å². The van der Waals surface area contributed by atoms with Crippen LogP contribution in [0, 0.1) is 5.41 Å². The van der Waals surface area contributed by atoms with Crippen LogP contribution in [0.2, 0.25) is 0 Å². The number of methoxy groups -OCH3 is 1. The van der Waals surface area contributed by atoms with Gasteiger partial charge in [-0.3, -0.25) is 9.78 Å². The van der Waals surface area contributed by atoms with E-state index in [-0.39, 0.29) is 28.9 Å². The minimum Gasteiger partial charge on any atom is -0.379 e. The largest absolute Gasteiger partial charge is 0.488 e. The summed E-state index contributed by atoms with van der Waals surface area (Å²) in [5.74, 6) is -0.830. The lowest BCUT2D eigenvalue weighted by Gasteiger charge is -2.50. The topological polar surface area (TPSA) is 94.6 Å². The van der Waals surface area contributed by atoms with E-state index in [1.165, 1.54) is 6.20 Å². The van der Waals surface area contributed by atoms with E-state index < -0.39 is 16.4 Å². The summed E-state index contributed by atoms with van der Waals surface area (Å²) in [5, 5.41) is 2.78. The summed E-state index contributed by atoms with van der Waals surface area (Å²) in [6, 6.07) is 0.951. The summed E-state index contributed by atoms with van der Waals surface area (Å²) in [6.45, 7) is 4.07. The van der Waals surface area contributed by atoms with Gasteiger partial charge in [-0.25, -0.2) is 0 Å². The van der Waals surface area contributed by atoms with E-state index >= 15 is 0 Å². The number of nitrogens with zero attached hydrogens (tertiary/aromatic N) is 1. The molecule has 0 bridgehead atoms. The van der Waals surface area contributed by atoms with E-state index in [2.05, 4.69) is 14.5 Å². The summed E-state index contributed by atoms with van der Waals surface area (Å²) in [7, 11) is -3.58. The number of carbonyl (C=O) groups excluding carboxylic acids is 1. The second-order valence-corrected chi connectivity index (χ2v) is 6.77. The van der Waals surface area contributed by atoms with E-state index in [9.17, 15) is 17.1 Å². The number of hydrogen-bond acceptors (Lipinski definition) is 6. The Morgan fingerprint density at radius 3 is 2.68 bits per heavy atom. The van der Waals surface area contributed by atoms with Crippen molar-refractivity contribution in [1.29, 1.82) is 0 Å². The molecule has 1 aromatic rings. The Kier molecular flexibility index (Phi) is 4.39. The molecular weight excluding hydrogens is 315 g/mol. The molecule has 1 amide bonds. The van der Waals surface area contributed by atoms with Crippen molar-refractivity contribution in [3.63, 3.8) is 0 Å². The smallest absolute Gasteiger partial charge is 0.379 e. The molecule has 1 fully saturated rings. The first-order chi connectivity index (χ1) is 10.1. The van der Waals surface area contributed by atoms with E-state index in [1.54, 1.807) is 7.11 Å². The maximum Gasteiger partial charge on any atom is 0.488 e. The third-order valence-electron chi connectivity index (χ3n) is 3.62. The molecule has 0 spiro atoms. The lowest BCUT2D eigenvalue weighted by atomic mass is 9.65. The van der Waals surface area contributed by atoms with Gasteiger partial charge in [0.1, 0.15) is 0 Å². The molecular formula is C13H17FN2O5S. The van der Waals surface area contributed by atoms with Gasteiger partial charge in [-0.2, -0.15) is 8.42 Å². The van der Waals surface area contributed by atoms with E-state index in [4.69, 9.17) is 4.74 Å². The maximum absolute atomic E-state index is 12.5. The second kappa shape index (κ2) is 5.81. The lowest BCUT2D eigenvalue weighted by Crippen LogP contribution is -2.61. The van der Waals surface area contributed by atoms with Crippen LogP contribution in [0.5, 0.6) is 5.75 Å². The third kappa shape index (κ3) is 3.72. The van der Waals surface area contributed by atoms with E-state index in [1.807, 2.05) is 13.8 Å². The minimum absolute atomic E-state index is 0.0296. The first-order valence-corrected chi connectivity index (χ1v) is 7.86. The van der Waals surface area contributed by atoms with Crippen LogP contribution in [0.4, 0.5) is 3.89 Å². The molecule has 0 saturated heterocycles. The molecule has 0 aromatic carbocycles. The van der Waals surface area contributed by atoms with Crippen molar-refractivity contribution in [2.45, 2.75) is 32.4 Å². The van der Waals surface area contributed by atoms with Crippen molar-refractivity contribution >= 4 is 16.4 Å². The highest BCUT2D eigenvalue weighted by molar-refractivity contribution is 7.81. The van der Waals surface area contributed by atoms with Crippen LogP contribution in [0.25, 0.3) is 0 Å². The summed E-state index contributed by atoms with van der Waals surface area (Å²) in [6.07, 6.45) is 2.87. The number of halogens is 1. The van der Waals surface area contributed by atoms with Crippen LogP contribution in [0.1, 0.15) is 30.6 Å². The number of aromatic nitrogens is 1. The molecule has 0 radical (unpaired) electrons. The van der Waals surface area contributed by atoms with Crippen molar-refractivity contribution in [2.75, 3.05) is 7.11 Å². The first kappa shape index (κ1) is 16.6. The monoisotopic (exact) mass is 332 g/mol. The molecule has 1 heterocycles. The Hall–Kier alpha value is -1.74. The zero-order chi connectivity index (χ0) is 16.5. The first-order valence-electron chi connectivity index (χ1n) is 6.55. The van der Waals surface area contributed by atoms with E-state index in [0.29, 0.717) is 0 Å². The van der Waals surface area contributed by atoms with Crippen molar-refractivity contribution in [2.24, 2.45) is 5.41 Å². The summed E-state index contributed by atoms with van der Waals surface area (Å²) >= 11 is 0. The molecule has 1 saturated carbocycles. The van der Waals surface area contributed by atoms with Crippen LogP contribution in [-0.2, 0) is 15.2 Å². The van der Waals surface area contributed by atoms with E-state index in [0.717, 1.165) is 18.7 Å². The highest BCUT2D eigenvalue weighted by Gasteiger charge is 2.48. The number of nitrogens with one attached hydrogen (secondary N) is 1. The standard InChI is InChI=1S/C13H17FN2O5S/c1-13(2)5-10(11(13)20-3)16-12(17)8-4-9(7-15-6-8)21-22(14,18)19/h4,6-7,10-11H,5H2,1-3H3,(H,16,17). The van der Waals surface area contributed by atoms with Crippen LogP contribution in [0.15, 0.2) is 18.5 Å². The van der Waals surface area contributed by atoms with Crippen molar-refractivity contribution in [3.05, 3.63) is 24.0 Å². The van der Waals surface area contributed by atoms with Crippen LogP contribution in [0.3, 0.4) is 0 Å². The van der Waals surface area contributed by atoms with Crippen molar-refractivity contribution in [1.82, 2.24) is 10.3 Å². The normalized spacial score (nSPS) is 23.5. The SMILES string of the molecule is COC1C(NC(=O)c2cncc(OS(=O)(=O)F)c2)CC1(C)C. The number of pyridine rings is 1. The van der Waals surface area contributed by atoms with Gasteiger partial charge < -0.3 is 14.2 Å². The zero-order valence-electron chi connectivity index (χ0n) is 12.4. The Morgan fingerprint density at radius 1 is 1.45 bits per heavy atom. The van der Waals surface area contributed by atoms with Crippen LogP contribution < -0.4 is 9.50 Å². The molecule has 22 heavy (non-hydrogen) atoms. The van der Waals surface area contributed by atoms with Gasteiger partial charge in [-0.05, 0) is 17.9 Å². The average molecular weight is 332 g/mol. The Morgan fingerprint density at radius 2 is 2.14 bits per heavy atom. The van der Waals surface area contributed by atoms with Gasteiger partial charge in [-0.15, -0.1) is 0 Å². The van der Waals surface area contributed by atoms with Gasteiger partial charge in [0.2, 0.25) is 0 Å². The second-order valence-electron chi connectivity index (χ2n) is 5.81. The fraction of sp³-hybridized carbons (Fsp3) is 0.538. The molecule has 9 heteroatoms. The number of rotatable bonds is 5. The fourth-order valence-electron chi connectivity index (χ4n) is 2.74. The summed E-state index contributed by atoms with van der Waals surface area (Å²) in [4.78, 5) is 15.8. The van der Waals surface area contributed by atoms with Gasteiger partial charge in [0.05, 0.1) is 23.9 Å². The highest BCUT2D eigenvalue weighted by atomic mass is 32.3. The molecule has 1 aromatic heterocycles. The van der Waals surface area contributed by atoms with Crippen molar-refractivity contribution in [3.8, 4) is 5.75 Å². The molecule has 2 atom stereocenters. The quantitative estimate of drug-likeness (QED) is 0.815. The number of ether oxygens (including phenoxy) is 1. The molecule has 7 nitrogen and oxygen atoms in total. The Balaban J connectivity index is 2.06. The number of carbonyl (C=O) groups is 1. The Bertz CT molecular complexity index is 677. The highest BCUT2D eigenvalue weighted by Crippen LogP contribution is 2.42. The van der Waals surface area contributed by atoms with Gasteiger partial charge in [0.15, 0.2) is 5.75 Å². The van der Waals surface area contributed by atoms with Crippen LogP contribution >= 0.6 is 0 Å². The predicted octanol–water partition coefficient (Wildman–Crippen LogP) is 1.22. The predicted molar refractivity (Wildman–Crippen MR) is 75.3 cm³/mol. The lowest BCUT2D eigenvalue weighted by molar-refractivity contribution is -0.0955. The zero-order valence-corrected chi connectivity index (χ0v) is 13.2. The molecule has 0 aliphatic heterocycles. The number of hydrogen-bond donors (Lipinski definition) is 1. The van der Waals surface area contributed by atoms with Gasteiger partial charge in [-0.1, -0.05) is 17.7 Å². The van der Waals surface area contributed by atoms with Crippen molar-refractivity contribution < 1.29 is 26.0 Å². The molecule has 2 rings (SSSR count). The molecule has 1 aliphatic carbocycles. The van der Waals surface area contributed by atoms with Gasteiger partial charge in [0, 0.05) is 13.3 Å². The molecule has 1 aliphatic rings. The average Bonchev–Trinajstić information content (AvgIpc) is 2.36. The molecule has 1 N–H and O–H groups in total. The third-order valence-corrected chi connectivity index (χ3v) is 4.01. The maximum atomic E-state index is 12.5. The Labute approximate surface area is 128 Å². The molecule has 122 valence electrons. The van der Waals surface area contributed by atoms with Gasteiger partial charge in [0.25, 0.3) is 5.91 Å². The molecule has 2 unspecified atom stereocenters. The summed E-state index contributed by atoms with van der Waals surface area (Å²) < 4.78 is 42.7. The van der Waals surface area contributed by atoms with Crippen LogP contribution in [-0.4, -0.2) is 38.6 Å².